The Labute approximate surface area is 356 Å². The van der Waals surface area contributed by atoms with E-state index in [4.69, 9.17) is 18.5 Å². The van der Waals surface area contributed by atoms with Crippen LogP contribution in [0.5, 0.6) is 0 Å². The number of phosphoric acid groups is 1. The van der Waals surface area contributed by atoms with Gasteiger partial charge in [0.1, 0.15) is 42.7 Å². The standard InChI is InChI=1S/C46H83O12P/c1-3-5-7-9-11-13-15-17-19-20-21-22-24-26-28-30-32-34-36-55-37-39(38-56-59(53,54)58-46-44(51)42(49)41(48)43(50)45(46)52)57-40(47)35-33-31-29-27-25-23-18-16-14-12-10-8-6-4-2/h10-13,16-19,39,41-46,48-52H,3-9,14-15,20-38H2,1-2H3,(H,53,54)/b12-10-,13-11-,18-16-,19-17-. The Morgan fingerprint density at radius 1 is 0.542 bits per heavy atom. The summed E-state index contributed by atoms with van der Waals surface area (Å²) in [6.07, 6.45) is 31.7. The zero-order valence-electron chi connectivity index (χ0n) is 36.5. The van der Waals surface area contributed by atoms with E-state index in [1.165, 1.54) is 64.2 Å². The summed E-state index contributed by atoms with van der Waals surface area (Å²) in [4.78, 5) is 23.1. The number of hydrogen-bond donors (Lipinski definition) is 6. The maximum Gasteiger partial charge on any atom is 0.472 e. The molecule has 0 amide bonds. The van der Waals surface area contributed by atoms with Crippen LogP contribution in [0.15, 0.2) is 48.6 Å². The molecule has 1 aliphatic rings. The van der Waals surface area contributed by atoms with Crippen molar-refractivity contribution < 1.29 is 58.3 Å². The van der Waals surface area contributed by atoms with Gasteiger partial charge in [-0.2, -0.15) is 0 Å². The molecule has 0 spiro atoms. The van der Waals surface area contributed by atoms with Gasteiger partial charge in [-0.05, 0) is 70.6 Å². The van der Waals surface area contributed by atoms with Gasteiger partial charge < -0.3 is 39.9 Å². The molecule has 1 rings (SSSR count). The molecule has 13 heteroatoms. The predicted molar refractivity (Wildman–Crippen MR) is 235 cm³/mol. The largest absolute Gasteiger partial charge is 0.472 e. The quantitative estimate of drug-likeness (QED) is 0.0150. The Balaban J connectivity index is 2.41. The van der Waals surface area contributed by atoms with Crippen molar-refractivity contribution in [2.45, 2.75) is 217 Å². The highest BCUT2D eigenvalue weighted by Crippen LogP contribution is 2.47. The molecule has 0 aromatic carbocycles. The normalized spacial score (nSPS) is 22.9. The fourth-order valence-electron chi connectivity index (χ4n) is 6.70. The van der Waals surface area contributed by atoms with Gasteiger partial charge in [-0.15, -0.1) is 0 Å². The van der Waals surface area contributed by atoms with Gasteiger partial charge in [0.25, 0.3) is 0 Å². The lowest BCUT2D eigenvalue weighted by Gasteiger charge is -2.41. The van der Waals surface area contributed by atoms with Crippen LogP contribution in [0, 0.1) is 0 Å². The summed E-state index contributed by atoms with van der Waals surface area (Å²) in [5, 5.41) is 50.2. The third-order valence-electron chi connectivity index (χ3n) is 10.4. The number of hydrogen-bond acceptors (Lipinski definition) is 11. The van der Waals surface area contributed by atoms with Crippen molar-refractivity contribution in [1.82, 2.24) is 0 Å². The van der Waals surface area contributed by atoms with E-state index in [0.29, 0.717) is 13.0 Å². The molecule has 0 radical (unpaired) electrons. The van der Waals surface area contributed by atoms with Gasteiger partial charge in [0, 0.05) is 13.0 Å². The van der Waals surface area contributed by atoms with E-state index in [2.05, 4.69) is 62.5 Å². The van der Waals surface area contributed by atoms with Gasteiger partial charge in [-0.1, -0.05) is 146 Å². The summed E-state index contributed by atoms with van der Waals surface area (Å²) in [7, 11) is -5.02. The number of aliphatic hydroxyl groups excluding tert-OH is 5. The van der Waals surface area contributed by atoms with Gasteiger partial charge in [0.05, 0.1) is 13.2 Å². The first kappa shape index (κ1) is 55.3. The molecule has 12 nitrogen and oxygen atoms in total. The first-order valence-corrected chi connectivity index (χ1v) is 24.5. The van der Waals surface area contributed by atoms with Crippen LogP contribution in [0.25, 0.3) is 0 Å². The molecule has 0 bridgehead atoms. The first-order chi connectivity index (χ1) is 28.5. The number of phosphoric ester groups is 1. The van der Waals surface area contributed by atoms with Gasteiger partial charge in [0.15, 0.2) is 0 Å². The zero-order valence-corrected chi connectivity index (χ0v) is 37.4. The molecular formula is C46H83O12P. The van der Waals surface area contributed by atoms with Crippen LogP contribution in [0.2, 0.25) is 0 Å². The number of carbonyl (C=O) groups excluding carboxylic acids is 1. The third kappa shape index (κ3) is 29.3. The van der Waals surface area contributed by atoms with Crippen molar-refractivity contribution in [3.05, 3.63) is 48.6 Å². The van der Waals surface area contributed by atoms with E-state index in [1.54, 1.807) is 0 Å². The highest BCUT2D eigenvalue weighted by Gasteiger charge is 2.51. The highest BCUT2D eigenvalue weighted by atomic mass is 31.2. The lowest BCUT2D eigenvalue weighted by Crippen LogP contribution is -2.64. The molecule has 1 fully saturated rings. The molecule has 1 saturated carbocycles. The molecule has 0 saturated heterocycles. The Kier molecular flexibility index (Phi) is 34.6. The smallest absolute Gasteiger partial charge is 0.457 e. The van der Waals surface area contributed by atoms with E-state index >= 15 is 0 Å². The summed E-state index contributed by atoms with van der Waals surface area (Å²) in [6.45, 7) is 4.16. The number of aliphatic hydroxyl groups is 5. The van der Waals surface area contributed by atoms with Crippen LogP contribution in [0.3, 0.4) is 0 Å². The molecule has 6 atom stereocenters. The summed E-state index contributed by atoms with van der Waals surface area (Å²) in [5.74, 6) is -0.495. The number of esters is 1. The van der Waals surface area contributed by atoms with Crippen LogP contribution in [0.1, 0.15) is 174 Å². The fraction of sp³-hybridized carbons (Fsp3) is 0.804. The minimum atomic E-state index is -5.02. The van der Waals surface area contributed by atoms with Gasteiger partial charge in [-0.25, -0.2) is 4.57 Å². The number of carbonyl (C=O) groups is 1. The van der Waals surface area contributed by atoms with Crippen LogP contribution in [0.4, 0.5) is 0 Å². The molecule has 0 aromatic heterocycles. The lowest BCUT2D eigenvalue weighted by atomic mass is 9.85. The van der Waals surface area contributed by atoms with E-state index in [9.17, 15) is 39.8 Å². The van der Waals surface area contributed by atoms with E-state index in [-0.39, 0.29) is 13.0 Å². The monoisotopic (exact) mass is 859 g/mol. The van der Waals surface area contributed by atoms with E-state index in [1.807, 2.05) is 0 Å². The second-order valence-corrected chi connectivity index (χ2v) is 17.3. The SMILES string of the molecule is CCCC/C=C\C/C=C\CCCCCCCC(=O)OC(COCCCCCCCCCC/C=C\C/C=C\CCCCC)COP(=O)(O)OC1C(O)C(O)C(O)C(O)C1O. The Bertz CT molecular complexity index is 1160. The zero-order chi connectivity index (χ0) is 43.4. The molecule has 1 aliphatic carbocycles. The summed E-state index contributed by atoms with van der Waals surface area (Å²) in [5.41, 5.74) is 0. The van der Waals surface area contributed by atoms with Crippen LogP contribution < -0.4 is 0 Å². The summed E-state index contributed by atoms with van der Waals surface area (Å²) >= 11 is 0. The molecule has 6 unspecified atom stereocenters. The molecule has 0 aliphatic heterocycles. The maximum absolute atomic E-state index is 12.8. The Morgan fingerprint density at radius 2 is 0.966 bits per heavy atom. The van der Waals surface area contributed by atoms with Crippen LogP contribution >= 0.6 is 7.82 Å². The van der Waals surface area contributed by atoms with Crippen molar-refractivity contribution in [1.29, 1.82) is 0 Å². The average Bonchev–Trinajstić information content (AvgIpc) is 3.22. The second-order valence-electron chi connectivity index (χ2n) is 15.9. The highest BCUT2D eigenvalue weighted by molar-refractivity contribution is 7.47. The van der Waals surface area contributed by atoms with Crippen molar-refractivity contribution in [2.24, 2.45) is 0 Å². The molecule has 0 aromatic rings. The predicted octanol–water partition coefficient (Wildman–Crippen LogP) is 9.25. The van der Waals surface area contributed by atoms with Gasteiger partial charge in [0.2, 0.25) is 0 Å². The molecule has 0 heterocycles. The number of ether oxygens (including phenoxy) is 2. The topological polar surface area (TPSA) is 192 Å². The number of unbranched alkanes of at least 4 members (excludes halogenated alkanes) is 18. The van der Waals surface area contributed by atoms with E-state index < -0.39 is 63.1 Å². The summed E-state index contributed by atoms with van der Waals surface area (Å²) in [6, 6.07) is 0. The number of allylic oxidation sites excluding steroid dienone is 8. The first-order valence-electron chi connectivity index (χ1n) is 23.0. The molecule has 344 valence electrons. The molecule has 6 N–H and O–H groups in total. The molecule has 59 heavy (non-hydrogen) atoms. The maximum atomic E-state index is 12.8. The minimum Gasteiger partial charge on any atom is -0.457 e. The average molecular weight is 859 g/mol. The summed E-state index contributed by atoms with van der Waals surface area (Å²) < 4.78 is 34.1. The van der Waals surface area contributed by atoms with Crippen LogP contribution in [-0.4, -0.2) is 98.9 Å². The fourth-order valence-corrected chi connectivity index (χ4v) is 7.67. The molecular weight excluding hydrogens is 775 g/mol. The van der Waals surface area contributed by atoms with E-state index in [0.717, 1.165) is 83.5 Å². The van der Waals surface area contributed by atoms with Gasteiger partial charge in [-0.3, -0.25) is 13.8 Å². The van der Waals surface area contributed by atoms with Crippen molar-refractivity contribution in [3.63, 3.8) is 0 Å². The van der Waals surface area contributed by atoms with Crippen molar-refractivity contribution in [2.75, 3.05) is 19.8 Å². The minimum absolute atomic E-state index is 0.0875. The van der Waals surface area contributed by atoms with Crippen LogP contribution in [-0.2, 0) is 27.9 Å². The Morgan fingerprint density at radius 3 is 1.47 bits per heavy atom. The van der Waals surface area contributed by atoms with Crippen molar-refractivity contribution in [3.8, 4) is 0 Å². The lowest BCUT2D eigenvalue weighted by molar-refractivity contribution is -0.220. The number of rotatable bonds is 38. The second kappa shape index (κ2) is 36.9. The Hall–Kier alpha value is -1.70. The van der Waals surface area contributed by atoms with Gasteiger partial charge >= 0.3 is 13.8 Å². The van der Waals surface area contributed by atoms with Crippen molar-refractivity contribution >= 4 is 13.8 Å². The third-order valence-corrected chi connectivity index (χ3v) is 11.4.